The van der Waals surface area contributed by atoms with Gasteiger partial charge < -0.3 is 4.57 Å². The first-order valence-electron chi connectivity index (χ1n) is 6.97. The van der Waals surface area contributed by atoms with Gasteiger partial charge in [-0.25, -0.2) is 4.98 Å². The summed E-state index contributed by atoms with van der Waals surface area (Å²) in [5, 5.41) is 0. The molecule has 0 bridgehead atoms. The van der Waals surface area contributed by atoms with Gasteiger partial charge in [0.05, 0.1) is 4.88 Å². The topological polar surface area (TPSA) is 34.9 Å². The van der Waals surface area contributed by atoms with Gasteiger partial charge >= 0.3 is 0 Å². The lowest BCUT2D eigenvalue weighted by Crippen LogP contribution is -2.10. The largest absolute Gasteiger partial charge is 0.328 e. The van der Waals surface area contributed by atoms with E-state index >= 15 is 0 Å². The van der Waals surface area contributed by atoms with Gasteiger partial charge in [-0.1, -0.05) is 6.92 Å². The van der Waals surface area contributed by atoms with Crippen molar-refractivity contribution in [3.05, 3.63) is 39.6 Å². The van der Waals surface area contributed by atoms with E-state index in [1.807, 2.05) is 10.8 Å². The van der Waals surface area contributed by atoms with Gasteiger partial charge in [0.2, 0.25) is 5.78 Å². The molecule has 1 aliphatic rings. The van der Waals surface area contributed by atoms with Crippen molar-refractivity contribution >= 4 is 17.1 Å². The molecule has 2 heterocycles. The van der Waals surface area contributed by atoms with Crippen LogP contribution >= 0.6 is 11.3 Å². The summed E-state index contributed by atoms with van der Waals surface area (Å²) in [6, 6.07) is 2.09. The molecule has 2 aromatic rings. The summed E-state index contributed by atoms with van der Waals surface area (Å²) in [6.45, 7) is 2.96. The molecule has 0 unspecified atom stereocenters. The fourth-order valence-corrected chi connectivity index (χ4v) is 3.84. The normalized spacial score (nSPS) is 14.4. The minimum Gasteiger partial charge on any atom is -0.328 e. The number of hydrogen-bond acceptors (Lipinski definition) is 3. The smallest absolute Gasteiger partial charge is 0.238 e. The van der Waals surface area contributed by atoms with Gasteiger partial charge in [-0.15, -0.1) is 11.3 Å². The fraction of sp³-hybridized carbons (Fsp3) is 0.467. The molecule has 1 aliphatic carbocycles. The molecule has 0 N–H and O–H groups in total. The van der Waals surface area contributed by atoms with Crippen LogP contribution in [0.15, 0.2) is 18.5 Å². The third-order valence-corrected chi connectivity index (χ3v) is 4.84. The Bertz CT molecular complexity index is 574. The summed E-state index contributed by atoms with van der Waals surface area (Å²) in [5.74, 6) is 0.665. The third kappa shape index (κ3) is 2.37. The second-order valence-electron chi connectivity index (χ2n) is 5.04. The van der Waals surface area contributed by atoms with Crippen LogP contribution in [-0.2, 0) is 19.4 Å². The van der Waals surface area contributed by atoms with E-state index in [-0.39, 0.29) is 5.78 Å². The SMILES string of the molecule is CCCn1ccnc1C(=O)c1cc2c(s1)CCCC2. The highest BCUT2D eigenvalue weighted by atomic mass is 32.1. The number of thiophene rings is 1. The van der Waals surface area contributed by atoms with Crippen LogP contribution in [0.3, 0.4) is 0 Å². The molecule has 0 spiro atoms. The Morgan fingerprint density at radius 2 is 2.26 bits per heavy atom. The summed E-state index contributed by atoms with van der Waals surface area (Å²) < 4.78 is 1.96. The lowest BCUT2D eigenvalue weighted by Gasteiger charge is -2.08. The highest BCUT2D eigenvalue weighted by molar-refractivity contribution is 7.14. The number of hydrogen-bond donors (Lipinski definition) is 0. The molecule has 0 saturated carbocycles. The van der Waals surface area contributed by atoms with Gasteiger partial charge in [-0.3, -0.25) is 4.79 Å². The van der Waals surface area contributed by atoms with Gasteiger partial charge in [0, 0.05) is 23.8 Å². The van der Waals surface area contributed by atoms with Crippen LogP contribution in [0.25, 0.3) is 0 Å². The van der Waals surface area contributed by atoms with Crippen molar-refractivity contribution in [2.45, 2.75) is 45.6 Å². The molecule has 0 atom stereocenters. The zero-order valence-corrected chi connectivity index (χ0v) is 12.0. The van der Waals surface area contributed by atoms with Gasteiger partial charge in [0.25, 0.3) is 0 Å². The van der Waals surface area contributed by atoms with E-state index in [1.165, 1.54) is 23.3 Å². The predicted molar refractivity (Wildman–Crippen MR) is 76.9 cm³/mol. The molecule has 0 aromatic carbocycles. The van der Waals surface area contributed by atoms with E-state index in [1.54, 1.807) is 17.5 Å². The molecule has 0 radical (unpaired) electrons. The standard InChI is InChI=1S/C15H18N2OS/c1-2-8-17-9-7-16-15(17)14(18)13-10-11-5-3-4-6-12(11)19-13/h7,9-10H,2-6,8H2,1H3. The van der Waals surface area contributed by atoms with Crippen LogP contribution < -0.4 is 0 Å². The number of imidazole rings is 1. The van der Waals surface area contributed by atoms with Crippen LogP contribution in [0.5, 0.6) is 0 Å². The molecule has 0 fully saturated rings. The number of fused-ring (bicyclic) bond motifs is 1. The summed E-state index contributed by atoms with van der Waals surface area (Å²) in [7, 11) is 0. The number of aromatic nitrogens is 2. The number of aryl methyl sites for hydroxylation is 3. The van der Waals surface area contributed by atoms with Crippen molar-refractivity contribution in [1.29, 1.82) is 0 Å². The van der Waals surface area contributed by atoms with Gasteiger partial charge in [-0.2, -0.15) is 0 Å². The van der Waals surface area contributed by atoms with Gasteiger partial charge in [-0.05, 0) is 43.7 Å². The molecule has 4 heteroatoms. The number of ketones is 1. The molecule has 19 heavy (non-hydrogen) atoms. The maximum Gasteiger partial charge on any atom is 0.238 e. The van der Waals surface area contributed by atoms with E-state index in [0.29, 0.717) is 5.82 Å². The summed E-state index contributed by atoms with van der Waals surface area (Å²) in [5.41, 5.74) is 1.38. The van der Waals surface area contributed by atoms with E-state index < -0.39 is 0 Å². The Balaban J connectivity index is 1.91. The third-order valence-electron chi connectivity index (χ3n) is 3.60. The Morgan fingerprint density at radius 1 is 1.42 bits per heavy atom. The Morgan fingerprint density at radius 3 is 3.05 bits per heavy atom. The Labute approximate surface area is 117 Å². The lowest BCUT2D eigenvalue weighted by molar-refractivity contribution is 0.102. The maximum atomic E-state index is 12.5. The van der Waals surface area contributed by atoms with Crippen LogP contribution in [-0.4, -0.2) is 15.3 Å². The van der Waals surface area contributed by atoms with Crippen molar-refractivity contribution in [3.63, 3.8) is 0 Å². The summed E-state index contributed by atoms with van der Waals surface area (Å²) in [4.78, 5) is 19.0. The first-order valence-corrected chi connectivity index (χ1v) is 7.78. The van der Waals surface area contributed by atoms with Gasteiger partial charge in [0.1, 0.15) is 0 Å². The van der Waals surface area contributed by atoms with Crippen molar-refractivity contribution in [3.8, 4) is 0 Å². The number of carbonyl (C=O) groups excluding carboxylic acids is 1. The molecule has 100 valence electrons. The maximum absolute atomic E-state index is 12.5. The van der Waals surface area contributed by atoms with E-state index in [4.69, 9.17) is 0 Å². The Hall–Kier alpha value is -1.42. The van der Waals surface area contributed by atoms with Gasteiger partial charge in [0.15, 0.2) is 5.82 Å². The molecular weight excluding hydrogens is 256 g/mol. The monoisotopic (exact) mass is 274 g/mol. The first-order chi connectivity index (χ1) is 9.29. The molecule has 0 saturated heterocycles. The first kappa shape index (κ1) is 12.6. The van der Waals surface area contributed by atoms with Crippen molar-refractivity contribution in [1.82, 2.24) is 9.55 Å². The Kier molecular flexibility index (Phi) is 3.51. The second-order valence-corrected chi connectivity index (χ2v) is 6.18. The molecule has 0 amide bonds. The van der Waals surface area contributed by atoms with Crippen LogP contribution in [0.4, 0.5) is 0 Å². The highest BCUT2D eigenvalue weighted by Crippen LogP contribution is 2.30. The molecule has 0 aliphatic heterocycles. The fourth-order valence-electron chi connectivity index (χ4n) is 2.65. The van der Waals surface area contributed by atoms with Crippen LogP contribution in [0.2, 0.25) is 0 Å². The molecule has 3 nitrogen and oxygen atoms in total. The summed E-state index contributed by atoms with van der Waals surface area (Å²) >= 11 is 1.67. The number of carbonyl (C=O) groups is 1. The minimum atomic E-state index is 0.0813. The molecule has 2 aromatic heterocycles. The average Bonchev–Trinajstić information content (AvgIpc) is 3.04. The zero-order chi connectivity index (χ0) is 13.2. The quantitative estimate of drug-likeness (QED) is 0.800. The second kappa shape index (κ2) is 5.29. The lowest BCUT2D eigenvalue weighted by atomic mass is 9.99. The number of rotatable bonds is 4. The minimum absolute atomic E-state index is 0.0813. The zero-order valence-electron chi connectivity index (χ0n) is 11.2. The van der Waals surface area contributed by atoms with Crippen LogP contribution in [0.1, 0.15) is 52.1 Å². The van der Waals surface area contributed by atoms with E-state index in [2.05, 4.69) is 18.0 Å². The molecular formula is C15H18N2OS. The summed E-state index contributed by atoms with van der Waals surface area (Å²) in [6.07, 6.45) is 9.39. The highest BCUT2D eigenvalue weighted by Gasteiger charge is 2.21. The van der Waals surface area contributed by atoms with E-state index in [9.17, 15) is 4.79 Å². The van der Waals surface area contributed by atoms with Crippen molar-refractivity contribution in [2.24, 2.45) is 0 Å². The van der Waals surface area contributed by atoms with E-state index in [0.717, 1.165) is 30.7 Å². The molecule has 3 rings (SSSR count). The van der Waals surface area contributed by atoms with Crippen LogP contribution in [0, 0.1) is 0 Å². The van der Waals surface area contributed by atoms with Crippen molar-refractivity contribution in [2.75, 3.05) is 0 Å². The van der Waals surface area contributed by atoms with Crippen molar-refractivity contribution < 1.29 is 4.79 Å². The predicted octanol–water partition coefficient (Wildman–Crippen LogP) is 3.46. The average molecular weight is 274 g/mol. The number of nitrogens with zero attached hydrogens (tertiary/aromatic N) is 2.